The molecule has 0 saturated carbocycles. The molecule has 0 aliphatic heterocycles. The smallest absolute Gasteiger partial charge is 0.146 e. The minimum atomic E-state index is -0.457. The third-order valence-electron chi connectivity index (χ3n) is 1.79. The van der Waals surface area contributed by atoms with Crippen LogP contribution in [0.25, 0.3) is 0 Å². The quantitative estimate of drug-likeness (QED) is 0.715. The molecule has 0 amide bonds. The van der Waals surface area contributed by atoms with Gasteiger partial charge in [0.05, 0.1) is 12.2 Å². The normalized spacial score (nSPS) is 9.14. The molecule has 14 heavy (non-hydrogen) atoms. The van der Waals surface area contributed by atoms with E-state index in [1.165, 1.54) is 6.92 Å². The molecule has 0 spiro atoms. The lowest BCUT2D eigenvalue weighted by molar-refractivity contribution is 0.595. The van der Waals surface area contributed by atoms with E-state index in [-0.39, 0.29) is 5.69 Å². The monoisotopic (exact) mass is 195 g/mol. The van der Waals surface area contributed by atoms with E-state index in [4.69, 9.17) is 0 Å². The highest BCUT2D eigenvalue weighted by Gasteiger charge is 2.05. The Hall–Kier alpha value is -1.56. The van der Waals surface area contributed by atoms with Crippen molar-refractivity contribution in [1.82, 2.24) is 0 Å². The van der Waals surface area contributed by atoms with Crippen molar-refractivity contribution in [3.05, 3.63) is 29.3 Å². The second kappa shape index (κ2) is 4.61. The fraction of sp³-hybridized carbons (Fsp3) is 0.273. The number of hydrogen-bond donors (Lipinski definition) is 1. The summed E-state index contributed by atoms with van der Waals surface area (Å²) in [5.41, 5.74) is 0.450. The summed E-state index contributed by atoms with van der Waals surface area (Å²) in [5, 5.41) is 2.69. The predicted molar refractivity (Wildman–Crippen MR) is 53.0 cm³/mol. The zero-order valence-electron chi connectivity index (χ0n) is 8.12. The zero-order chi connectivity index (χ0) is 10.6. The Kier molecular flexibility index (Phi) is 3.47. The van der Waals surface area contributed by atoms with Gasteiger partial charge in [-0.25, -0.2) is 8.78 Å². The Labute approximate surface area is 82.1 Å². The molecule has 0 unspecified atom stereocenters. The van der Waals surface area contributed by atoms with Gasteiger partial charge in [0.15, 0.2) is 0 Å². The van der Waals surface area contributed by atoms with Gasteiger partial charge in [-0.3, -0.25) is 0 Å². The van der Waals surface area contributed by atoms with E-state index in [0.29, 0.717) is 12.1 Å². The van der Waals surface area contributed by atoms with Crippen molar-refractivity contribution < 1.29 is 8.78 Å². The molecule has 3 heteroatoms. The average Bonchev–Trinajstić information content (AvgIpc) is 2.14. The van der Waals surface area contributed by atoms with Crippen LogP contribution in [0.2, 0.25) is 0 Å². The Bertz CT molecular complexity index is 388. The summed E-state index contributed by atoms with van der Waals surface area (Å²) in [6, 6.07) is 2.30. The van der Waals surface area contributed by atoms with Gasteiger partial charge in [0.1, 0.15) is 11.6 Å². The first-order chi connectivity index (χ1) is 6.65. The molecule has 0 radical (unpaired) electrons. The summed E-state index contributed by atoms with van der Waals surface area (Å²) in [5.74, 6) is 4.49. The maximum atomic E-state index is 13.2. The molecular weight excluding hydrogens is 184 g/mol. The molecular formula is C11H11F2N. The second-order valence-corrected chi connectivity index (χ2v) is 2.86. The molecule has 1 N–H and O–H groups in total. The van der Waals surface area contributed by atoms with Crippen LogP contribution in [0.1, 0.15) is 12.5 Å². The summed E-state index contributed by atoms with van der Waals surface area (Å²) in [4.78, 5) is 0. The van der Waals surface area contributed by atoms with Gasteiger partial charge < -0.3 is 5.32 Å². The van der Waals surface area contributed by atoms with E-state index in [9.17, 15) is 8.78 Å². The summed E-state index contributed by atoms with van der Waals surface area (Å²) < 4.78 is 26.2. The van der Waals surface area contributed by atoms with Crippen LogP contribution < -0.4 is 5.32 Å². The number of halogens is 2. The third kappa shape index (κ3) is 2.46. The Morgan fingerprint density at radius 1 is 1.29 bits per heavy atom. The molecule has 0 heterocycles. The molecule has 0 fully saturated rings. The Morgan fingerprint density at radius 2 is 2.00 bits per heavy atom. The highest BCUT2D eigenvalue weighted by Crippen LogP contribution is 2.18. The molecule has 1 rings (SSSR count). The van der Waals surface area contributed by atoms with Gasteiger partial charge >= 0.3 is 0 Å². The SMILES string of the molecule is CC#CCNc1cc(F)c(C)cc1F. The summed E-state index contributed by atoms with van der Waals surface area (Å²) >= 11 is 0. The zero-order valence-corrected chi connectivity index (χ0v) is 8.12. The molecule has 0 bridgehead atoms. The van der Waals surface area contributed by atoms with Crippen LogP contribution in [0.3, 0.4) is 0 Å². The van der Waals surface area contributed by atoms with Crippen LogP contribution >= 0.6 is 0 Å². The van der Waals surface area contributed by atoms with E-state index >= 15 is 0 Å². The lowest BCUT2D eigenvalue weighted by Crippen LogP contribution is -2.02. The van der Waals surface area contributed by atoms with Crippen LogP contribution in [-0.4, -0.2) is 6.54 Å². The van der Waals surface area contributed by atoms with E-state index in [2.05, 4.69) is 17.2 Å². The second-order valence-electron chi connectivity index (χ2n) is 2.86. The molecule has 0 saturated heterocycles. The van der Waals surface area contributed by atoms with Crippen molar-refractivity contribution in [3.8, 4) is 11.8 Å². The largest absolute Gasteiger partial charge is 0.372 e. The van der Waals surface area contributed by atoms with Crippen molar-refractivity contribution >= 4 is 5.69 Å². The predicted octanol–water partition coefficient (Wildman–Crippen LogP) is 2.71. The van der Waals surface area contributed by atoms with Gasteiger partial charge in [0.25, 0.3) is 0 Å². The van der Waals surface area contributed by atoms with Crippen molar-refractivity contribution in [3.63, 3.8) is 0 Å². The topological polar surface area (TPSA) is 12.0 Å². The third-order valence-corrected chi connectivity index (χ3v) is 1.79. The Morgan fingerprint density at radius 3 is 2.64 bits per heavy atom. The highest BCUT2D eigenvalue weighted by atomic mass is 19.1. The molecule has 0 aliphatic rings. The van der Waals surface area contributed by atoms with E-state index < -0.39 is 11.6 Å². The average molecular weight is 195 g/mol. The molecule has 74 valence electrons. The lowest BCUT2D eigenvalue weighted by atomic mass is 10.2. The molecule has 0 atom stereocenters. The van der Waals surface area contributed by atoms with E-state index in [0.717, 1.165) is 12.1 Å². The van der Waals surface area contributed by atoms with Crippen molar-refractivity contribution in [1.29, 1.82) is 0 Å². The number of anilines is 1. The first-order valence-corrected chi connectivity index (χ1v) is 4.24. The molecule has 0 aliphatic carbocycles. The minimum Gasteiger partial charge on any atom is -0.372 e. The first-order valence-electron chi connectivity index (χ1n) is 4.24. The van der Waals surface area contributed by atoms with Crippen LogP contribution in [0.4, 0.5) is 14.5 Å². The molecule has 1 nitrogen and oxygen atoms in total. The number of nitrogens with one attached hydrogen (secondary N) is 1. The van der Waals surface area contributed by atoms with Crippen LogP contribution in [0.15, 0.2) is 12.1 Å². The summed E-state index contributed by atoms with van der Waals surface area (Å²) in [6.45, 7) is 3.53. The fourth-order valence-electron chi connectivity index (χ4n) is 1.01. The first kappa shape index (κ1) is 10.5. The lowest BCUT2D eigenvalue weighted by Gasteiger charge is -2.05. The molecule has 1 aromatic carbocycles. The fourth-order valence-corrected chi connectivity index (χ4v) is 1.01. The highest BCUT2D eigenvalue weighted by molar-refractivity contribution is 5.47. The Balaban J connectivity index is 2.85. The van der Waals surface area contributed by atoms with Crippen LogP contribution in [-0.2, 0) is 0 Å². The van der Waals surface area contributed by atoms with E-state index in [1.54, 1.807) is 6.92 Å². The van der Waals surface area contributed by atoms with Gasteiger partial charge in [-0.1, -0.05) is 5.92 Å². The standard InChI is InChI=1S/C11H11F2N/c1-3-4-5-14-11-7-9(12)8(2)6-10(11)13/h6-7,14H,5H2,1-2H3. The summed E-state index contributed by atoms with van der Waals surface area (Å²) in [6.07, 6.45) is 0. The number of hydrogen-bond acceptors (Lipinski definition) is 1. The molecule has 0 aromatic heterocycles. The molecule has 1 aromatic rings. The van der Waals surface area contributed by atoms with Crippen molar-refractivity contribution in [2.45, 2.75) is 13.8 Å². The maximum absolute atomic E-state index is 13.2. The van der Waals surface area contributed by atoms with E-state index in [1.807, 2.05) is 0 Å². The van der Waals surface area contributed by atoms with Crippen molar-refractivity contribution in [2.75, 3.05) is 11.9 Å². The van der Waals surface area contributed by atoms with Crippen molar-refractivity contribution in [2.24, 2.45) is 0 Å². The van der Waals surface area contributed by atoms with Gasteiger partial charge in [0, 0.05) is 6.07 Å². The van der Waals surface area contributed by atoms with Gasteiger partial charge in [0.2, 0.25) is 0 Å². The number of rotatable bonds is 2. The number of aryl methyl sites for hydroxylation is 1. The van der Waals surface area contributed by atoms with Gasteiger partial charge in [-0.05, 0) is 25.5 Å². The summed E-state index contributed by atoms with van der Waals surface area (Å²) in [7, 11) is 0. The van der Waals surface area contributed by atoms with Gasteiger partial charge in [-0.2, -0.15) is 0 Å². The van der Waals surface area contributed by atoms with Crippen LogP contribution in [0, 0.1) is 30.4 Å². The minimum absolute atomic E-state index is 0.149. The maximum Gasteiger partial charge on any atom is 0.146 e. The number of benzene rings is 1. The van der Waals surface area contributed by atoms with Gasteiger partial charge in [-0.15, -0.1) is 5.92 Å². The van der Waals surface area contributed by atoms with Crippen LogP contribution in [0.5, 0.6) is 0 Å².